The van der Waals surface area contributed by atoms with Crippen LogP contribution in [0.15, 0.2) is 72.0 Å². The Kier molecular flexibility index (Phi) is 7.66. The number of anilines is 1. The van der Waals surface area contributed by atoms with Crippen molar-refractivity contribution in [1.29, 1.82) is 0 Å². The third kappa shape index (κ3) is 6.28. The van der Waals surface area contributed by atoms with Crippen LogP contribution in [0.2, 0.25) is 0 Å². The zero-order valence-electron chi connectivity index (χ0n) is 15.4. The SMILES string of the molecule is CC(C)Oc1ccc(NC(N)=NCc2cccc(-n3cccn3)c2)cc1.I. The van der Waals surface area contributed by atoms with Crippen molar-refractivity contribution in [2.24, 2.45) is 10.7 Å². The molecule has 0 radical (unpaired) electrons. The first-order valence-electron chi connectivity index (χ1n) is 8.53. The van der Waals surface area contributed by atoms with E-state index in [9.17, 15) is 0 Å². The van der Waals surface area contributed by atoms with E-state index in [2.05, 4.69) is 15.4 Å². The molecule has 0 saturated heterocycles. The number of hydrogen-bond donors (Lipinski definition) is 2. The van der Waals surface area contributed by atoms with Crippen molar-refractivity contribution in [2.45, 2.75) is 26.5 Å². The second-order valence-electron chi connectivity index (χ2n) is 6.14. The van der Waals surface area contributed by atoms with Crippen LogP contribution in [0.1, 0.15) is 19.4 Å². The number of aliphatic imine (C=N–C) groups is 1. The minimum Gasteiger partial charge on any atom is -0.491 e. The number of nitrogens with zero attached hydrogens (tertiary/aromatic N) is 3. The number of nitrogens with one attached hydrogen (secondary N) is 1. The Bertz CT molecular complexity index is 860. The van der Waals surface area contributed by atoms with Crippen molar-refractivity contribution in [3.05, 3.63) is 72.6 Å². The number of hydrogen-bond acceptors (Lipinski definition) is 3. The fourth-order valence-corrected chi connectivity index (χ4v) is 2.47. The molecule has 6 nitrogen and oxygen atoms in total. The van der Waals surface area contributed by atoms with Crippen LogP contribution in [-0.4, -0.2) is 21.8 Å². The molecule has 0 spiro atoms. The molecule has 3 rings (SSSR count). The second-order valence-corrected chi connectivity index (χ2v) is 6.14. The number of halogens is 1. The van der Waals surface area contributed by atoms with Gasteiger partial charge in [0.2, 0.25) is 0 Å². The summed E-state index contributed by atoms with van der Waals surface area (Å²) in [5, 5.41) is 7.33. The molecular weight excluding hydrogens is 453 g/mol. The van der Waals surface area contributed by atoms with Crippen molar-refractivity contribution in [3.63, 3.8) is 0 Å². The Morgan fingerprint density at radius 1 is 1.19 bits per heavy atom. The summed E-state index contributed by atoms with van der Waals surface area (Å²) in [5.74, 6) is 1.20. The second kappa shape index (κ2) is 9.96. The quantitative estimate of drug-likeness (QED) is 0.317. The van der Waals surface area contributed by atoms with Crippen LogP contribution >= 0.6 is 24.0 Å². The van der Waals surface area contributed by atoms with Gasteiger partial charge in [0, 0.05) is 18.1 Å². The van der Waals surface area contributed by atoms with Crippen LogP contribution in [0.5, 0.6) is 5.75 Å². The highest BCUT2D eigenvalue weighted by molar-refractivity contribution is 14.0. The molecule has 0 aliphatic rings. The predicted octanol–water partition coefficient (Wildman–Crippen LogP) is 4.20. The summed E-state index contributed by atoms with van der Waals surface area (Å²) < 4.78 is 7.44. The van der Waals surface area contributed by atoms with Gasteiger partial charge in [-0.3, -0.25) is 0 Å². The summed E-state index contributed by atoms with van der Waals surface area (Å²) in [4.78, 5) is 4.41. The fraction of sp³-hybridized carbons (Fsp3) is 0.200. The van der Waals surface area contributed by atoms with Gasteiger partial charge in [0.25, 0.3) is 0 Å². The standard InChI is InChI=1S/C20H23N5O.HI/c1-15(2)26-19-9-7-17(8-10-19)24-20(21)22-14-16-5-3-6-18(13-16)25-12-4-11-23-25;/h3-13,15H,14H2,1-2H3,(H3,21,22,24);1H. The number of benzene rings is 2. The van der Waals surface area contributed by atoms with Crippen molar-refractivity contribution in [1.82, 2.24) is 9.78 Å². The summed E-state index contributed by atoms with van der Waals surface area (Å²) in [7, 11) is 0. The summed E-state index contributed by atoms with van der Waals surface area (Å²) in [6.45, 7) is 4.48. The van der Waals surface area contributed by atoms with Gasteiger partial charge in [0.15, 0.2) is 5.96 Å². The largest absolute Gasteiger partial charge is 0.491 e. The Labute approximate surface area is 176 Å². The van der Waals surface area contributed by atoms with Gasteiger partial charge in [-0.15, -0.1) is 24.0 Å². The molecule has 142 valence electrons. The smallest absolute Gasteiger partial charge is 0.193 e. The zero-order chi connectivity index (χ0) is 18.4. The average Bonchev–Trinajstić information content (AvgIpc) is 3.16. The van der Waals surface area contributed by atoms with E-state index in [0.29, 0.717) is 12.5 Å². The molecule has 0 aliphatic carbocycles. The van der Waals surface area contributed by atoms with Gasteiger partial charge < -0.3 is 15.8 Å². The highest BCUT2D eigenvalue weighted by atomic mass is 127. The molecule has 0 amide bonds. The van der Waals surface area contributed by atoms with E-state index in [0.717, 1.165) is 22.7 Å². The third-order valence-electron chi connectivity index (χ3n) is 3.61. The van der Waals surface area contributed by atoms with Crippen LogP contribution in [0, 0.1) is 0 Å². The number of rotatable bonds is 6. The number of guanidine groups is 1. The highest BCUT2D eigenvalue weighted by Gasteiger charge is 2.01. The van der Waals surface area contributed by atoms with Gasteiger partial charge in [0.05, 0.1) is 18.3 Å². The maximum absolute atomic E-state index is 6.00. The molecular formula is C20H24IN5O. The Hall–Kier alpha value is -2.55. The summed E-state index contributed by atoms with van der Waals surface area (Å²) in [5.41, 5.74) is 8.92. The summed E-state index contributed by atoms with van der Waals surface area (Å²) in [6, 6.07) is 17.6. The van der Waals surface area contributed by atoms with Gasteiger partial charge in [0.1, 0.15) is 5.75 Å². The molecule has 1 aromatic heterocycles. The van der Waals surface area contributed by atoms with Crippen molar-refractivity contribution >= 4 is 35.6 Å². The van der Waals surface area contributed by atoms with Crippen LogP contribution in [-0.2, 0) is 6.54 Å². The molecule has 3 N–H and O–H groups in total. The van der Waals surface area contributed by atoms with E-state index in [1.54, 1.807) is 6.20 Å². The van der Waals surface area contributed by atoms with Crippen molar-refractivity contribution < 1.29 is 4.74 Å². The van der Waals surface area contributed by atoms with Gasteiger partial charge >= 0.3 is 0 Å². The molecule has 27 heavy (non-hydrogen) atoms. The molecule has 0 saturated carbocycles. The molecule has 0 fully saturated rings. The van der Waals surface area contributed by atoms with Crippen LogP contribution in [0.4, 0.5) is 5.69 Å². The maximum atomic E-state index is 6.00. The highest BCUT2D eigenvalue weighted by Crippen LogP contribution is 2.17. The van der Waals surface area contributed by atoms with Crippen molar-refractivity contribution in [2.75, 3.05) is 5.32 Å². The van der Waals surface area contributed by atoms with Crippen LogP contribution in [0.25, 0.3) is 5.69 Å². The Balaban J connectivity index is 0.00000261. The first-order valence-corrected chi connectivity index (χ1v) is 8.53. The topological polar surface area (TPSA) is 77.5 Å². The first-order chi connectivity index (χ1) is 12.6. The van der Waals surface area contributed by atoms with E-state index in [-0.39, 0.29) is 30.1 Å². The summed E-state index contributed by atoms with van der Waals surface area (Å²) >= 11 is 0. The maximum Gasteiger partial charge on any atom is 0.193 e. The van der Waals surface area contributed by atoms with Crippen LogP contribution in [0.3, 0.4) is 0 Å². The minimum absolute atomic E-state index is 0. The normalized spacial score (nSPS) is 11.1. The lowest BCUT2D eigenvalue weighted by Crippen LogP contribution is -2.22. The van der Waals surface area contributed by atoms with Crippen LogP contribution < -0.4 is 15.8 Å². The Morgan fingerprint density at radius 2 is 1.96 bits per heavy atom. The van der Waals surface area contributed by atoms with E-state index in [1.165, 1.54) is 0 Å². The predicted molar refractivity (Wildman–Crippen MR) is 120 cm³/mol. The van der Waals surface area contributed by atoms with Crippen molar-refractivity contribution in [3.8, 4) is 11.4 Å². The van der Waals surface area contributed by atoms with Gasteiger partial charge in [-0.2, -0.15) is 5.10 Å². The lowest BCUT2D eigenvalue weighted by molar-refractivity contribution is 0.242. The zero-order valence-corrected chi connectivity index (χ0v) is 17.7. The van der Waals surface area contributed by atoms with Gasteiger partial charge in [-0.25, -0.2) is 9.67 Å². The van der Waals surface area contributed by atoms with Gasteiger partial charge in [-0.05, 0) is 61.9 Å². The molecule has 0 atom stereocenters. The average molecular weight is 477 g/mol. The molecule has 2 aromatic carbocycles. The van der Waals surface area contributed by atoms with E-state index >= 15 is 0 Å². The molecule has 0 unspecified atom stereocenters. The molecule has 0 aliphatic heterocycles. The van der Waals surface area contributed by atoms with E-state index in [4.69, 9.17) is 10.5 Å². The first kappa shape index (κ1) is 20.8. The minimum atomic E-state index is 0. The molecule has 1 heterocycles. The number of nitrogens with two attached hydrogens (primary N) is 1. The van der Waals surface area contributed by atoms with Gasteiger partial charge in [-0.1, -0.05) is 12.1 Å². The van der Waals surface area contributed by atoms with E-state index in [1.807, 2.05) is 79.3 Å². The fourth-order valence-electron chi connectivity index (χ4n) is 2.47. The lowest BCUT2D eigenvalue weighted by atomic mass is 10.2. The summed E-state index contributed by atoms with van der Waals surface area (Å²) in [6.07, 6.45) is 3.81. The van der Waals surface area contributed by atoms with E-state index < -0.39 is 0 Å². The number of aromatic nitrogens is 2. The third-order valence-corrected chi connectivity index (χ3v) is 3.61. The lowest BCUT2D eigenvalue weighted by Gasteiger charge is -2.11. The molecule has 0 bridgehead atoms. The molecule has 7 heteroatoms. The Morgan fingerprint density at radius 3 is 2.63 bits per heavy atom. The number of ether oxygens (including phenoxy) is 1. The monoisotopic (exact) mass is 477 g/mol. The molecule has 3 aromatic rings.